The predicted molar refractivity (Wildman–Crippen MR) is 103 cm³/mol. The minimum atomic E-state index is -3.35. The van der Waals surface area contributed by atoms with Crippen molar-refractivity contribution in [2.45, 2.75) is 12.1 Å². The van der Waals surface area contributed by atoms with E-state index in [1.54, 1.807) is 30.3 Å². The number of carbonyl (C=O) groups excluding carboxylic acids is 1. The van der Waals surface area contributed by atoms with Crippen LogP contribution in [0.3, 0.4) is 0 Å². The first-order chi connectivity index (χ1) is 13.3. The van der Waals surface area contributed by atoms with E-state index in [0.29, 0.717) is 17.1 Å². The van der Waals surface area contributed by atoms with Gasteiger partial charge in [-0.25, -0.2) is 13.2 Å². The quantitative estimate of drug-likeness (QED) is 0.440. The highest BCUT2D eigenvalue weighted by Gasteiger charge is 2.54. The molecule has 0 N–H and O–H groups in total. The number of hydrogen-bond acceptors (Lipinski definition) is 6. The van der Waals surface area contributed by atoms with Gasteiger partial charge in [-0.2, -0.15) is 0 Å². The Morgan fingerprint density at radius 3 is 2.18 bits per heavy atom. The van der Waals surface area contributed by atoms with Crippen LogP contribution >= 0.6 is 0 Å². The van der Waals surface area contributed by atoms with Crippen LogP contribution in [0.5, 0.6) is 5.75 Å². The van der Waals surface area contributed by atoms with Crippen molar-refractivity contribution in [1.29, 1.82) is 0 Å². The number of nitro groups is 1. The van der Waals surface area contributed by atoms with Gasteiger partial charge in [0, 0.05) is 23.9 Å². The van der Waals surface area contributed by atoms with Gasteiger partial charge in [-0.1, -0.05) is 12.1 Å². The molecule has 2 saturated heterocycles. The number of benzene rings is 2. The van der Waals surface area contributed by atoms with Gasteiger partial charge in [0.2, 0.25) is 0 Å². The topological polar surface area (TPSA) is 110 Å². The van der Waals surface area contributed by atoms with Gasteiger partial charge in [0.15, 0.2) is 9.84 Å². The van der Waals surface area contributed by atoms with Crippen LogP contribution in [0.2, 0.25) is 0 Å². The first kappa shape index (κ1) is 18.2. The van der Waals surface area contributed by atoms with Crippen LogP contribution in [0.15, 0.2) is 48.5 Å². The van der Waals surface area contributed by atoms with Gasteiger partial charge in [-0.3, -0.25) is 19.9 Å². The molecule has 0 bridgehead atoms. The molecule has 0 aromatic heterocycles. The van der Waals surface area contributed by atoms with E-state index in [4.69, 9.17) is 4.74 Å². The molecule has 4 rings (SSSR count). The number of methoxy groups -OCH3 is 1. The second kappa shape index (κ2) is 6.48. The van der Waals surface area contributed by atoms with Gasteiger partial charge in [-0.15, -0.1) is 0 Å². The second-order valence-electron chi connectivity index (χ2n) is 6.71. The summed E-state index contributed by atoms with van der Waals surface area (Å²) in [5.41, 5.74) is 0.656. The van der Waals surface area contributed by atoms with E-state index in [0.717, 1.165) is 0 Å². The fourth-order valence-corrected chi connectivity index (χ4v) is 5.74. The maximum Gasteiger partial charge on any atom is 0.329 e. The molecule has 2 aliphatic heterocycles. The van der Waals surface area contributed by atoms with Crippen LogP contribution in [0.25, 0.3) is 0 Å². The van der Waals surface area contributed by atoms with E-state index in [2.05, 4.69) is 0 Å². The Bertz CT molecular complexity index is 1070. The average molecular weight is 403 g/mol. The van der Waals surface area contributed by atoms with Crippen molar-refractivity contribution in [3.8, 4) is 5.75 Å². The van der Waals surface area contributed by atoms with Gasteiger partial charge in [0.05, 0.1) is 41.3 Å². The summed E-state index contributed by atoms with van der Waals surface area (Å²) in [6, 6.07) is 10.9. The molecule has 146 valence electrons. The minimum Gasteiger partial charge on any atom is -0.497 e. The number of carbonyl (C=O) groups is 1. The van der Waals surface area contributed by atoms with Gasteiger partial charge in [0.25, 0.3) is 5.69 Å². The van der Waals surface area contributed by atoms with Crippen molar-refractivity contribution >= 4 is 32.9 Å². The van der Waals surface area contributed by atoms with Crippen LogP contribution in [0, 0.1) is 10.1 Å². The summed E-state index contributed by atoms with van der Waals surface area (Å²) in [4.78, 5) is 26.6. The number of non-ortho nitro benzene ring substituents is 1. The molecule has 2 aliphatic rings. The third-order valence-corrected chi connectivity index (χ3v) is 6.72. The zero-order valence-electron chi connectivity index (χ0n) is 14.9. The highest BCUT2D eigenvalue weighted by molar-refractivity contribution is 7.91. The van der Waals surface area contributed by atoms with Gasteiger partial charge in [0.1, 0.15) is 5.75 Å². The van der Waals surface area contributed by atoms with E-state index in [1.807, 2.05) is 0 Å². The summed E-state index contributed by atoms with van der Waals surface area (Å²) in [7, 11) is -1.85. The minimum absolute atomic E-state index is 0.161. The van der Waals surface area contributed by atoms with Crippen LogP contribution < -0.4 is 14.5 Å². The van der Waals surface area contributed by atoms with Crippen molar-refractivity contribution in [3.05, 3.63) is 58.6 Å². The molecule has 10 heteroatoms. The molecule has 28 heavy (non-hydrogen) atoms. The second-order valence-corrected chi connectivity index (χ2v) is 8.87. The van der Waals surface area contributed by atoms with Crippen molar-refractivity contribution in [2.24, 2.45) is 0 Å². The number of hydrogen-bond donors (Lipinski definition) is 0. The number of urea groups is 1. The summed E-state index contributed by atoms with van der Waals surface area (Å²) in [5, 5.41) is 11.1. The smallest absolute Gasteiger partial charge is 0.329 e. The Hall–Kier alpha value is -3.14. The first-order valence-electron chi connectivity index (χ1n) is 8.52. The summed E-state index contributed by atoms with van der Waals surface area (Å²) < 4.78 is 29.8. The third-order valence-electron chi connectivity index (χ3n) is 5.02. The fraction of sp³-hybridized carbons (Fsp3) is 0.278. The summed E-state index contributed by atoms with van der Waals surface area (Å²) in [6.07, 6.45) is 0. The van der Waals surface area contributed by atoms with E-state index >= 15 is 0 Å². The molecule has 2 fully saturated rings. The third kappa shape index (κ3) is 2.95. The molecule has 2 atom stereocenters. The van der Waals surface area contributed by atoms with Gasteiger partial charge >= 0.3 is 6.03 Å². The number of amides is 2. The van der Waals surface area contributed by atoms with E-state index in [-0.39, 0.29) is 17.2 Å². The molecular formula is C18H17N3O6S. The lowest BCUT2D eigenvalue weighted by Gasteiger charge is -2.23. The highest BCUT2D eigenvalue weighted by Crippen LogP contribution is 2.39. The van der Waals surface area contributed by atoms with Crippen LogP contribution in [0.1, 0.15) is 0 Å². The molecular weight excluding hydrogens is 386 g/mol. The molecule has 0 radical (unpaired) electrons. The lowest BCUT2D eigenvalue weighted by Crippen LogP contribution is -2.37. The van der Waals surface area contributed by atoms with Crippen LogP contribution in [-0.2, 0) is 9.84 Å². The SMILES string of the molecule is COc1cccc(N2C(=O)N(c3cccc([N+](=O)[O-])c3)[C@H]3CS(=O)(=O)C[C@H]32)c1. The number of anilines is 2. The number of rotatable bonds is 4. The molecule has 2 aromatic carbocycles. The number of nitrogens with zero attached hydrogens (tertiary/aromatic N) is 3. The molecule has 0 unspecified atom stereocenters. The zero-order chi connectivity index (χ0) is 20.1. The Labute approximate surface area is 161 Å². The molecule has 2 amide bonds. The van der Waals surface area contributed by atoms with Crippen molar-refractivity contribution < 1.29 is 22.9 Å². The normalized spacial score (nSPS) is 23.0. The zero-order valence-corrected chi connectivity index (χ0v) is 15.7. The van der Waals surface area contributed by atoms with E-state index in [1.165, 1.54) is 35.1 Å². The molecule has 2 aromatic rings. The number of nitro benzene ring substituents is 1. The Morgan fingerprint density at radius 2 is 1.61 bits per heavy atom. The largest absolute Gasteiger partial charge is 0.497 e. The lowest BCUT2D eigenvalue weighted by molar-refractivity contribution is -0.384. The van der Waals surface area contributed by atoms with Gasteiger partial charge < -0.3 is 4.74 Å². The molecule has 9 nitrogen and oxygen atoms in total. The average Bonchev–Trinajstić information content (AvgIpc) is 3.10. The Morgan fingerprint density at radius 1 is 1.04 bits per heavy atom. The summed E-state index contributed by atoms with van der Waals surface area (Å²) in [6.45, 7) is 0. The Balaban J connectivity index is 1.81. The monoisotopic (exact) mass is 403 g/mol. The number of ether oxygens (including phenoxy) is 1. The maximum absolute atomic E-state index is 13.3. The fourth-order valence-electron chi connectivity index (χ4n) is 3.82. The summed E-state index contributed by atoms with van der Waals surface area (Å²) in [5.74, 6) is 0.190. The van der Waals surface area contributed by atoms with Crippen LogP contribution in [0.4, 0.5) is 21.9 Å². The first-order valence-corrected chi connectivity index (χ1v) is 10.3. The van der Waals surface area contributed by atoms with Crippen molar-refractivity contribution in [3.63, 3.8) is 0 Å². The molecule has 0 aliphatic carbocycles. The number of fused-ring (bicyclic) bond motifs is 1. The standard InChI is InChI=1S/C18H17N3O6S/c1-27-15-7-3-5-13(9-15)20-17-11-28(25,26)10-16(17)19(18(20)22)12-4-2-6-14(8-12)21(23)24/h2-9,16-17H,10-11H2,1H3/t16-,17+/m0/s1. The van der Waals surface area contributed by atoms with E-state index in [9.17, 15) is 23.3 Å². The van der Waals surface area contributed by atoms with Crippen LogP contribution in [-0.4, -0.2) is 50.1 Å². The maximum atomic E-state index is 13.3. The predicted octanol–water partition coefficient (Wildman–Crippen LogP) is 2.22. The molecule has 2 heterocycles. The van der Waals surface area contributed by atoms with Crippen molar-refractivity contribution in [2.75, 3.05) is 28.4 Å². The Kier molecular flexibility index (Phi) is 4.22. The van der Waals surface area contributed by atoms with E-state index < -0.39 is 32.9 Å². The van der Waals surface area contributed by atoms with Crippen molar-refractivity contribution in [1.82, 2.24) is 0 Å². The van der Waals surface area contributed by atoms with Gasteiger partial charge in [-0.05, 0) is 18.2 Å². The molecule has 0 saturated carbocycles. The molecule has 0 spiro atoms. The summed E-state index contributed by atoms with van der Waals surface area (Å²) >= 11 is 0. The highest BCUT2D eigenvalue weighted by atomic mass is 32.2. The lowest BCUT2D eigenvalue weighted by atomic mass is 10.1. The number of sulfone groups is 1.